The van der Waals surface area contributed by atoms with Gasteiger partial charge in [-0.1, -0.05) is 12.1 Å². The number of nitro benzene ring substituents is 1. The van der Waals surface area contributed by atoms with E-state index in [-0.39, 0.29) is 22.5 Å². The lowest BCUT2D eigenvalue weighted by Gasteiger charge is -2.10. The van der Waals surface area contributed by atoms with Crippen molar-refractivity contribution in [3.8, 4) is 5.75 Å². The van der Waals surface area contributed by atoms with Gasteiger partial charge in [0.05, 0.1) is 17.7 Å². The predicted molar refractivity (Wildman–Crippen MR) is 80.5 cm³/mol. The summed E-state index contributed by atoms with van der Waals surface area (Å²) in [6.45, 7) is 0. The molecule has 0 saturated carbocycles. The zero-order chi connectivity index (χ0) is 17.0. The SMILES string of the molecule is COC(=O)c1cccc(NC(=O)c2cccc([N+](=O)[O-])c2)c1O. The number of benzene rings is 2. The van der Waals surface area contributed by atoms with E-state index >= 15 is 0 Å². The molecule has 0 aliphatic carbocycles. The van der Waals surface area contributed by atoms with Crippen molar-refractivity contribution < 1.29 is 24.4 Å². The number of nitro groups is 1. The average molecular weight is 316 g/mol. The molecule has 8 heteroatoms. The lowest BCUT2D eigenvalue weighted by molar-refractivity contribution is -0.384. The molecule has 118 valence electrons. The third-order valence-electron chi connectivity index (χ3n) is 3.01. The van der Waals surface area contributed by atoms with Crippen LogP contribution in [0, 0.1) is 10.1 Å². The molecule has 0 heterocycles. The van der Waals surface area contributed by atoms with Gasteiger partial charge in [0.2, 0.25) is 0 Å². The summed E-state index contributed by atoms with van der Waals surface area (Å²) in [7, 11) is 1.16. The quantitative estimate of drug-likeness (QED) is 0.387. The highest BCUT2D eigenvalue weighted by atomic mass is 16.6. The van der Waals surface area contributed by atoms with Crippen molar-refractivity contribution >= 4 is 23.3 Å². The number of phenols is 1. The molecule has 2 aromatic carbocycles. The zero-order valence-corrected chi connectivity index (χ0v) is 12.0. The summed E-state index contributed by atoms with van der Waals surface area (Å²) in [6, 6.07) is 9.31. The Balaban J connectivity index is 2.29. The molecule has 0 unspecified atom stereocenters. The third kappa shape index (κ3) is 3.43. The van der Waals surface area contributed by atoms with Crippen LogP contribution in [-0.2, 0) is 4.74 Å². The van der Waals surface area contributed by atoms with Crippen LogP contribution >= 0.6 is 0 Å². The summed E-state index contributed by atoms with van der Waals surface area (Å²) in [5.41, 5.74) is -0.305. The summed E-state index contributed by atoms with van der Waals surface area (Å²) in [5, 5.41) is 23.1. The fourth-order valence-electron chi connectivity index (χ4n) is 1.87. The largest absolute Gasteiger partial charge is 0.505 e. The minimum Gasteiger partial charge on any atom is -0.505 e. The molecule has 0 fully saturated rings. The molecule has 1 amide bonds. The van der Waals surface area contributed by atoms with Gasteiger partial charge in [-0.15, -0.1) is 0 Å². The molecule has 0 aliphatic rings. The van der Waals surface area contributed by atoms with Crippen LogP contribution in [0.5, 0.6) is 5.75 Å². The van der Waals surface area contributed by atoms with Gasteiger partial charge in [-0.3, -0.25) is 14.9 Å². The molecule has 0 aromatic heterocycles. The first kappa shape index (κ1) is 16.0. The number of non-ortho nitro benzene ring substituents is 1. The first-order chi connectivity index (χ1) is 10.9. The highest BCUT2D eigenvalue weighted by Crippen LogP contribution is 2.28. The van der Waals surface area contributed by atoms with Crippen LogP contribution in [0.4, 0.5) is 11.4 Å². The van der Waals surface area contributed by atoms with Gasteiger partial charge in [0.15, 0.2) is 5.75 Å². The number of aromatic hydroxyl groups is 1. The fraction of sp³-hybridized carbons (Fsp3) is 0.0667. The molecule has 23 heavy (non-hydrogen) atoms. The zero-order valence-electron chi connectivity index (χ0n) is 12.0. The van der Waals surface area contributed by atoms with Gasteiger partial charge in [0, 0.05) is 17.7 Å². The van der Waals surface area contributed by atoms with Crippen LogP contribution in [0.15, 0.2) is 42.5 Å². The van der Waals surface area contributed by atoms with E-state index in [0.717, 1.165) is 13.2 Å². The highest BCUT2D eigenvalue weighted by molar-refractivity contribution is 6.06. The van der Waals surface area contributed by atoms with Crippen molar-refractivity contribution in [2.75, 3.05) is 12.4 Å². The summed E-state index contributed by atoms with van der Waals surface area (Å²) in [6.07, 6.45) is 0. The number of para-hydroxylation sites is 1. The Morgan fingerprint density at radius 2 is 1.91 bits per heavy atom. The Bertz CT molecular complexity index is 787. The van der Waals surface area contributed by atoms with Crippen LogP contribution in [-0.4, -0.2) is 29.0 Å². The number of esters is 1. The van der Waals surface area contributed by atoms with Gasteiger partial charge in [-0.25, -0.2) is 4.79 Å². The lowest BCUT2D eigenvalue weighted by atomic mass is 10.1. The molecule has 0 aliphatic heterocycles. The number of methoxy groups -OCH3 is 1. The Kier molecular flexibility index (Phi) is 4.55. The van der Waals surface area contributed by atoms with Gasteiger partial charge >= 0.3 is 5.97 Å². The Morgan fingerprint density at radius 3 is 2.57 bits per heavy atom. The maximum absolute atomic E-state index is 12.1. The van der Waals surface area contributed by atoms with Crippen LogP contribution in [0.2, 0.25) is 0 Å². The number of phenolic OH excluding ortho intramolecular Hbond substituents is 1. The number of ether oxygens (including phenoxy) is 1. The van der Waals surface area contributed by atoms with Crippen molar-refractivity contribution in [2.45, 2.75) is 0 Å². The monoisotopic (exact) mass is 316 g/mol. The summed E-state index contributed by atoms with van der Waals surface area (Å²) < 4.78 is 4.52. The highest BCUT2D eigenvalue weighted by Gasteiger charge is 2.17. The van der Waals surface area contributed by atoms with Crippen LogP contribution in [0.1, 0.15) is 20.7 Å². The summed E-state index contributed by atoms with van der Waals surface area (Å²) >= 11 is 0. The number of amides is 1. The first-order valence-corrected chi connectivity index (χ1v) is 6.40. The number of carbonyl (C=O) groups excluding carboxylic acids is 2. The van der Waals surface area contributed by atoms with E-state index < -0.39 is 22.5 Å². The second-order valence-electron chi connectivity index (χ2n) is 4.45. The number of rotatable bonds is 4. The normalized spacial score (nSPS) is 9.96. The molecule has 2 N–H and O–H groups in total. The van der Waals surface area contributed by atoms with Gasteiger partial charge in [0.1, 0.15) is 5.56 Å². The summed E-state index contributed by atoms with van der Waals surface area (Å²) in [4.78, 5) is 33.7. The minimum atomic E-state index is -0.756. The van der Waals surface area contributed by atoms with Crippen molar-refractivity contribution in [3.05, 3.63) is 63.7 Å². The van der Waals surface area contributed by atoms with Gasteiger partial charge < -0.3 is 15.2 Å². The average Bonchev–Trinajstić information content (AvgIpc) is 2.56. The van der Waals surface area contributed by atoms with Crippen molar-refractivity contribution in [1.29, 1.82) is 0 Å². The fourth-order valence-corrected chi connectivity index (χ4v) is 1.87. The number of hydrogen-bond acceptors (Lipinski definition) is 6. The summed E-state index contributed by atoms with van der Waals surface area (Å²) in [5.74, 6) is -1.86. The van der Waals surface area contributed by atoms with Gasteiger partial charge in [0.25, 0.3) is 11.6 Å². The van der Waals surface area contributed by atoms with E-state index in [2.05, 4.69) is 10.1 Å². The standard InChI is InChI=1S/C15H12N2O6/c1-23-15(20)11-6-3-7-12(13(11)18)16-14(19)9-4-2-5-10(8-9)17(21)22/h2-8,18H,1H3,(H,16,19). The molecule has 0 atom stereocenters. The molecule has 8 nitrogen and oxygen atoms in total. The lowest BCUT2D eigenvalue weighted by Crippen LogP contribution is -2.13. The number of carbonyl (C=O) groups is 2. The second kappa shape index (κ2) is 6.56. The molecule has 0 radical (unpaired) electrons. The van der Waals surface area contributed by atoms with Crippen LogP contribution in [0.3, 0.4) is 0 Å². The molecular formula is C15H12N2O6. The van der Waals surface area contributed by atoms with E-state index in [1.165, 1.54) is 36.4 Å². The third-order valence-corrected chi connectivity index (χ3v) is 3.01. The van der Waals surface area contributed by atoms with Crippen molar-refractivity contribution in [2.24, 2.45) is 0 Å². The van der Waals surface area contributed by atoms with E-state index in [1.807, 2.05) is 0 Å². The van der Waals surface area contributed by atoms with Crippen LogP contribution < -0.4 is 5.32 Å². The second-order valence-corrected chi connectivity index (χ2v) is 4.45. The van der Waals surface area contributed by atoms with Gasteiger partial charge in [-0.05, 0) is 18.2 Å². The Hall–Kier alpha value is -3.42. The first-order valence-electron chi connectivity index (χ1n) is 6.40. The maximum atomic E-state index is 12.1. The Morgan fingerprint density at radius 1 is 1.22 bits per heavy atom. The Labute approximate surface area is 130 Å². The molecule has 2 aromatic rings. The number of nitrogens with one attached hydrogen (secondary N) is 1. The number of anilines is 1. The van der Waals surface area contributed by atoms with Gasteiger partial charge in [-0.2, -0.15) is 0 Å². The van der Waals surface area contributed by atoms with E-state index in [0.29, 0.717) is 0 Å². The van der Waals surface area contributed by atoms with Crippen molar-refractivity contribution in [1.82, 2.24) is 0 Å². The predicted octanol–water partition coefficient (Wildman–Crippen LogP) is 2.34. The van der Waals surface area contributed by atoms with Crippen LogP contribution in [0.25, 0.3) is 0 Å². The maximum Gasteiger partial charge on any atom is 0.341 e. The van der Waals surface area contributed by atoms with E-state index in [4.69, 9.17) is 0 Å². The molecule has 2 rings (SSSR count). The molecule has 0 saturated heterocycles. The molecule has 0 spiro atoms. The number of hydrogen-bond donors (Lipinski definition) is 2. The van der Waals surface area contributed by atoms with E-state index in [1.54, 1.807) is 0 Å². The minimum absolute atomic E-state index is 0.00981. The molecule has 0 bridgehead atoms. The smallest absolute Gasteiger partial charge is 0.341 e. The topological polar surface area (TPSA) is 119 Å². The number of nitrogens with zero attached hydrogens (tertiary/aromatic N) is 1. The molecular weight excluding hydrogens is 304 g/mol. The van der Waals surface area contributed by atoms with E-state index in [9.17, 15) is 24.8 Å². The van der Waals surface area contributed by atoms with Crippen molar-refractivity contribution in [3.63, 3.8) is 0 Å².